The van der Waals surface area contributed by atoms with Crippen LogP contribution >= 0.6 is 0 Å². The number of likely N-dealkylation sites (N-methyl/N-ethyl adjacent to an activating group) is 1. The first-order chi connectivity index (χ1) is 8.89. The normalized spacial score (nSPS) is 34.1. The summed E-state index contributed by atoms with van der Waals surface area (Å²) < 4.78 is 28.5. The van der Waals surface area contributed by atoms with E-state index in [-0.39, 0.29) is 42.0 Å². The minimum Gasteiger partial charge on any atom is -0.376 e. The lowest BCUT2D eigenvalue weighted by molar-refractivity contribution is -0.133. The van der Waals surface area contributed by atoms with E-state index in [9.17, 15) is 13.2 Å². The minimum absolute atomic E-state index is 0.0167. The highest BCUT2D eigenvalue weighted by atomic mass is 32.2. The molecule has 0 radical (unpaired) electrons. The highest BCUT2D eigenvalue weighted by Crippen LogP contribution is 2.19. The number of sulfone groups is 1. The smallest absolute Gasteiger partial charge is 0.224 e. The maximum absolute atomic E-state index is 12.2. The van der Waals surface area contributed by atoms with E-state index in [1.54, 1.807) is 11.9 Å². The van der Waals surface area contributed by atoms with Crippen LogP contribution in [0, 0.1) is 0 Å². The molecule has 0 saturated carbocycles. The van der Waals surface area contributed by atoms with Crippen LogP contribution < -0.4 is 5.32 Å². The molecule has 0 aliphatic carbocycles. The van der Waals surface area contributed by atoms with E-state index in [2.05, 4.69) is 5.32 Å². The molecular weight excluding hydrogens is 268 g/mol. The van der Waals surface area contributed by atoms with Gasteiger partial charge in [-0.05, 0) is 13.3 Å². The largest absolute Gasteiger partial charge is 0.376 e. The molecule has 2 aliphatic rings. The van der Waals surface area contributed by atoms with Crippen molar-refractivity contribution in [3.63, 3.8) is 0 Å². The number of rotatable bonds is 3. The van der Waals surface area contributed by atoms with Gasteiger partial charge in [0.1, 0.15) is 0 Å². The van der Waals surface area contributed by atoms with Gasteiger partial charge in [0.2, 0.25) is 5.91 Å². The van der Waals surface area contributed by atoms with Gasteiger partial charge < -0.3 is 15.0 Å². The van der Waals surface area contributed by atoms with Crippen LogP contribution in [0.1, 0.15) is 19.8 Å². The molecule has 6 nitrogen and oxygen atoms in total. The second-order valence-electron chi connectivity index (χ2n) is 5.41. The summed E-state index contributed by atoms with van der Waals surface area (Å²) >= 11 is 0. The van der Waals surface area contributed by atoms with Crippen molar-refractivity contribution >= 4 is 15.7 Å². The average Bonchev–Trinajstić information content (AvgIpc) is 2.73. The molecule has 3 unspecified atom stereocenters. The number of hydrogen-bond acceptors (Lipinski definition) is 5. The summed E-state index contributed by atoms with van der Waals surface area (Å²) in [6.07, 6.45) is 1.13. The zero-order valence-corrected chi connectivity index (χ0v) is 12.3. The molecule has 0 bridgehead atoms. The maximum atomic E-state index is 12.2. The van der Waals surface area contributed by atoms with Crippen molar-refractivity contribution in [2.24, 2.45) is 0 Å². The van der Waals surface area contributed by atoms with E-state index >= 15 is 0 Å². The van der Waals surface area contributed by atoms with E-state index in [1.807, 2.05) is 6.92 Å². The number of nitrogens with zero attached hydrogens (tertiary/aromatic N) is 1. The minimum atomic E-state index is -2.99. The van der Waals surface area contributed by atoms with Crippen LogP contribution in [0.3, 0.4) is 0 Å². The van der Waals surface area contributed by atoms with Crippen molar-refractivity contribution in [3.8, 4) is 0 Å². The maximum Gasteiger partial charge on any atom is 0.224 e. The first kappa shape index (κ1) is 14.7. The molecule has 1 amide bonds. The van der Waals surface area contributed by atoms with Crippen molar-refractivity contribution < 1.29 is 17.9 Å². The third-order valence-electron chi connectivity index (χ3n) is 3.95. The van der Waals surface area contributed by atoms with Crippen molar-refractivity contribution in [1.29, 1.82) is 0 Å². The average molecular weight is 290 g/mol. The molecule has 0 aromatic rings. The molecule has 0 aromatic carbocycles. The molecule has 0 spiro atoms. The Morgan fingerprint density at radius 2 is 2.21 bits per heavy atom. The topological polar surface area (TPSA) is 75.7 Å². The first-order valence-electron chi connectivity index (χ1n) is 6.70. The highest BCUT2D eigenvalue weighted by molar-refractivity contribution is 7.91. The predicted octanol–water partition coefficient (Wildman–Crippen LogP) is -0.601. The van der Waals surface area contributed by atoms with Gasteiger partial charge in [0, 0.05) is 32.7 Å². The summed E-state index contributed by atoms with van der Waals surface area (Å²) in [6, 6.07) is -0.154. The molecular formula is C12H22N2O4S. The van der Waals surface area contributed by atoms with E-state index < -0.39 is 9.84 Å². The standard InChI is InChI=1S/C12H22N2O4S/c1-9-11(3-5-18-9)14(2)12(15)7-10-8-19(16,17)6-4-13-10/h9-11,13H,3-8H2,1-2H3. The fraction of sp³-hybridized carbons (Fsp3) is 0.917. The molecule has 2 fully saturated rings. The quantitative estimate of drug-likeness (QED) is 0.751. The zero-order valence-electron chi connectivity index (χ0n) is 11.5. The van der Waals surface area contributed by atoms with Crippen molar-refractivity contribution in [2.75, 3.05) is 31.7 Å². The van der Waals surface area contributed by atoms with Crippen LogP contribution in [0.25, 0.3) is 0 Å². The molecule has 3 atom stereocenters. The third-order valence-corrected chi connectivity index (χ3v) is 5.69. The van der Waals surface area contributed by atoms with E-state index in [1.165, 1.54) is 0 Å². The SMILES string of the molecule is CC1OCCC1N(C)C(=O)CC1CS(=O)(=O)CCN1. The number of amides is 1. The zero-order chi connectivity index (χ0) is 14.0. The second kappa shape index (κ2) is 5.76. The van der Waals surface area contributed by atoms with Crippen LogP contribution in [0.15, 0.2) is 0 Å². The van der Waals surface area contributed by atoms with E-state index in [0.29, 0.717) is 13.2 Å². The Labute approximate surface area is 114 Å². The third kappa shape index (κ3) is 3.67. The Morgan fingerprint density at radius 3 is 2.79 bits per heavy atom. The molecule has 2 rings (SSSR count). The Morgan fingerprint density at radius 1 is 1.47 bits per heavy atom. The van der Waals surface area contributed by atoms with Gasteiger partial charge in [-0.2, -0.15) is 0 Å². The van der Waals surface area contributed by atoms with Crippen LogP contribution in [0.4, 0.5) is 0 Å². The molecule has 19 heavy (non-hydrogen) atoms. The van der Waals surface area contributed by atoms with Crippen LogP contribution in [-0.4, -0.2) is 69.1 Å². The predicted molar refractivity (Wildman–Crippen MR) is 71.7 cm³/mol. The Bertz CT molecular complexity index is 437. The fourth-order valence-electron chi connectivity index (χ4n) is 2.77. The van der Waals surface area contributed by atoms with Gasteiger partial charge in [-0.3, -0.25) is 4.79 Å². The van der Waals surface area contributed by atoms with Crippen LogP contribution in [0.5, 0.6) is 0 Å². The molecule has 0 aromatic heterocycles. The molecule has 1 N–H and O–H groups in total. The van der Waals surface area contributed by atoms with Crippen molar-refractivity contribution in [2.45, 2.75) is 38.0 Å². The Balaban J connectivity index is 1.90. The van der Waals surface area contributed by atoms with Gasteiger partial charge in [-0.25, -0.2) is 8.42 Å². The van der Waals surface area contributed by atoms with E-state index in [0.717, 1.165) is 6.42 Å². The molecule has 7 heteroatoms. The van der Waals surface area contributed by atoms with Gasteiger partial charge >= 0.3 is 0 Å². The Kier molecular flexibility index (Phi) is 4.47. The Hall–Kier alpha value is -0.660. The van der Waals surface area contributed by atoms with Crippen molar-refractivity contribution in [1.82, 2.24) is 10.2 Å². The van der Waals surface area contributed by atoms with Gasteiger partial charge in [0.15, 0.2) is 9.84 Å². The summed E-state index contributed by atoms with van der Waals surface area (Å²) in [5.41, 5.74) is 0. The fourth-order valence-corrected chi connectivity index (χ4v) is 4.21. The first-order valence-corrected chi connectivity index (χ1v) is 8.52. The number of nitrogens with one attached hydrogen (secondary N) is 1. The van der Waals surface area contributed by atoms with Crippen LogP contribution in [0.2, 0.25) is 0 Å². The molecule has 2 heterocycles. The van der Waals surface area contributed by atoms with Gasteiger partial charge in [0.25, 0.3) is 0 Å². The number of carbonyl (C=O) groups excluding carboxylic acids is 1. The lowest BCUT2D eigenvalue weighted by Gasteiger charge is -2.30. The van der Waals surface area contributed by atoms with Crippen molar-refractivity contribution in [3.05, 3.63) is 0 Å². The highest BCUT2D eigenvalue weighted by Gasteiger charge is 2.33. The lowest BCUT2D eigenvalue weighted by Crippen LogP contribution is -2.49. The van der Waals surface area contributed by atoms with E-state index in [4.69, 9.17) is 4.74 Å². The van der Waals surface area contributed by atoms with Gasteiger partial charge in [-0.15, -0.1) is 0 Å². The monoisotopic (exact) mass is 290 g/mol. The summed E-state index contributed by atoms with van der Waals surface area (Å²) in [7, 11) is -1.22. The van der Waals surface area contributed by atoms with Gasteiger partial charge in [-0.1, -0.05) is 0 Å². The van der Waals surface area contributed by atoms with Crippen LogP contribution in [-0.2, 0) is 19.4 Å². The number of ether oxygens (including phenoxy) is 1. The number of hydrogen-bond donors (Lipinski definition) is 1. The summed E-state index contributed by atoms with van der Waals surface area (Å²) in [5.74, 6) is 0.210. The molecule has 2 saturated heterocycles. The van der Waals surface area contributed by atoms with Gasteiger partial charge in [0.05, 0.1) is 23.7 Å². The summed E-state index contributed by atoms with van der Waals surface area (Å²) in [5, 5.41) is 3.10. The molecule has 110 valence electrons. The second-order valence-corrected chi connectivity index (χ2v) is 7.63. The summed E-state index contributed by atoms with van der Waals surface area (Å²) in [4.78, 5) is 13.9. The lowest BCUT2D eigenvalue weighted by atomic mass is 10.1. The number of carbonyl (C=O) groups is 1. The molecule has 2 aliphatic heterocycles. The summed E-state index contributed by atoms with van der Waals surface area (Å²) in [6.45, 7) is 3.08.